The molecular formula is C30H50Cl2IN7O3. The van der Waals surface area contributed by atoms with E-state index in [-0.39, 0.29) is 12.5 Å². The smallest absolute Gasteiger partial charge is 0.225 e. The number of halogens is 3. The van der Waals surface area contributed by atoms with E-state index in [2.05, 4.69) is 51.5 Å². The van der Waals surface area contributed by atoms with Crippen molar-refractivity contribution in [2.75, 3.05) is 90.7 Å². The molecule has 244 valence electrons. The van der Waals surface area contributed by atoms with Crippen LogP contribution < -0.4 is 15.6 Å². The molecule has 10 nitrogen and oxygen atoms in total. The van der Waals surface area contributed by atoms with Gasteiger partial charge in [-0.05, 0) is 70.1 Å². The highest BCUT2D eigenvalue weighted by Crippen LogP contribution is 2.28. The van der Waals surface area contributed by atoms with Crippen LogP contribution >= 0.6 is 46.1 Å². The van der Waals surface area contributed by atoms with Gasteiger partial charge in [-0.25, -0.2) is 3.11 Å². The number of amidine groups is 1. The normalized spacial score (nSPS) is 18.3. The molecule has 0 aliphatic carbocycles. The van der Waals surface area contributed by atoms with Crippen LogP contribution in [-0.2, 0) is 14.3 Å². The first-order chi connectivity index (χ1) is 20.9. The fraction of sp³-hybridized carbons (Fsp3) is 0.700. The quantitative estimate of drug-likeness (QED) is 0.139. The van der Waals surface area contributed by atoms with Crippen molar-refractivity contribution in [2.45, 2.75) is 46.0 Å². The standard InChI is InChI=1S/C14H18Cl2N4O.C14H26IN3O2.C2H6/c1-17-7-2-3-14(21)18-13-6-8-20(19-13)10-4-5-11(15)12(16)9-10;15-18-7-5-17(6-8-18)13-14-1-3-16(4-2-14)9-11-20-12-10-19;1-2/h4-5,9,17H,2-3,6-8H2,1H3,(H,18,19,21);10,14H,1-9,11-13H2;1-2H3. The number of likely N-dealkylation sites (tertiary alicyclic amines) is 1. The second kappa shape index (κ2) is 22.4. The average molecular weight is 755 g/mol. The molecule has 0 bridgehead atoms. The Morgan fingerprint density at radius 3 is 2.44 bits per heavy atom. The number of aldehydes is 1. The monoisotopic (exact) mass is 753 g/mol. The summed E-state index contributed by atoms with van der Waals surface area (Å²) >= 11 is 14.3. The van der Waals surface area contributed by atoms with Gasteiger partial charge in [-0.3, -0.25) is 9.80 Å². The maximum atomic E-state index is 11.7. The Morgan fingerprint density at radius 1 is 1.07 bits per heavy atom. The van der Waals surface area contributed by atoms with Crippen LogP contribution in [-0.4, -0.2) is 117 Å². The highest BCUT2D eigenvalue weighted by Gasteiger charge is 2.23. The Balaban J connectivity index is 0.000000284. The van der Waals surface area contributed by atoms with Gasteiger partial charge in [-0.15, -0.1) is 0 Å². The van der Waals surface area contributed by atoms with E-state index >= 15 is 0 Å². The number of piperazine rings is 1. The van der Waals surface area contributed by atoms with E-state index < -0.39 is 0 Å². The topological polar surface area (TPSA) is 92.8 Å². The molecule has 1 aromatic carbocycles. The van der Waals surface area contributed by atoms with Crippen LogP contribution in [0.2, 0.25) is 10.0 Å². The van der Waals surface area contributed by atoms with Crippen LogP contribution in [0.1, 0.15) is 46.0 Å². The van der Waals surface area contributed by atoms with Crippen molar-refractivity contribution >= 4 is 69.8 Å². The SMILES string of the molecule is CC.CNCCCC(=O)NC1=NN(c2ccc(Cl)c(Cl)c2)CC1.O=CCOCCN1CCC(CN2CCN(I)CC2)CC1. The number of rotatable bonds is 12. The maximum absolute atomic E-state index is 11.7. The first-order valence-corrected chi connectivity index (χ1v) is 17.2. The Hall–Kier alpha value is -1.06. The highest BCUT2D eigenvalue weighted by atomic mass is 127. The molecule has 43 heavy (non-hydrogen) atoms. The molecule has 3 aliphatic rings. The number of piperidine rings is 1. The first-order valence-electron chi connectivity index (χ1n) is 15.5. The van der Waals surface area contributed by atoms with E-state index in [0.717, 1.165) is 37.4 Å². The lowest BCUT2D eigenvalue weighted by Crippen LogP contribution is -2.46. The van der Waals surface area contributed by atoms with Gasteiger partial charge in [0.15, 0.2) is 0 Å². The van der Waals surface area contributed by atoms with Crippen LogP contribution in [0.15, 0.2) is 23.3 Å². The zero-order valence-electron chi connectivity index (χ0n) is 26.0. The third kappa shape index (κ3) is 15.2. The number of anilines is 1. The van der Waals surface area contributed by atoms with Crippen molar-refractivity contribution in [1.29, 1.82) is 0 Å². The largest absolute Gasteiger partial charge is 0.373 e. The maximum Gasteiger partial charge on any atom is 0.225 e. The van der Waals surface area contributed by atoms with E-state index in [1.807, 2.05) is 32.0 Å². The number of amides is 1. The molecule has 13 heteroatoms. The summed E-state index contributed by atoms with van der Waals surface area (Å²) in [5.41, 5.74) is 0.865. The molecule has 0 saturated carbocycles. The summed E-state index contributed by atoms with van der Waals surface area (Å²) in [5, 5.41) is 13.1. The molecule has 0 unspecified atom stereocenters. The molecule has 4 rings (SSSR count). The molecule has 3 aliphatic heterocycles. The predicted molar refractivity (Wildman–Crippen MR) is 187 cm³/mol. The first kappa shape index (κ1) is 38.1. The third-order valence-corrected chi connectivity index (χ3v) is 9.10. The van der Waals surface area contributed by atoms with Gasteiger partial charge in [0.1, 0.15) is 18.7 Å². The van der Waals surface area contributed by atoms with Gasteiger partial charge in [0.25, 0.3) is 0 Å². The zero-order chi connectivity index (χ0) is 31.5. The molecule has 2 saturated heterocycles. The van der Waals surface area contributed by atoms with Crippen molar-refractivity contribution in [3.8, 4) is 0 Å². The zero-order valence-corrected chi connectivity index (χ0v) is 29.7. The summed E-state index contributed by atoms with van der Waals surface area (Å²) in [4.78, 5) is 27.0. The molecular weight excluding hydrogens is 704 g/mol. The lowest BCUT2D eigenvalue weighted by Gasteiger charge is -2.37. The number of ether oxygens (including phenoxy) is 1. The van der Waals surface area contributed by atoms with Crippen molar-refractivity contribution in [2.24, 2.45) is 11.0 Å². The molecule has 2 fully saturated rings. The van der Waals surface area contributed by atoms with Gasteiger partial charge in [0, 0.05) is 81.5 Å². The Kier molecular flexibility index (Phi) is 19.9. The molecule has 3 heterocycles. The number of benzene rings is 1. The number of hydrazone groups is 1. The van der Waals surface area contributed by atoms with E-state index in [9.17, 15) is 9.59 Å². The highest BCUT2D eigenvalue weighted by molar-refractivity contribution is 14.1. The molecule has 0 spiro atoms. The van der Waals surface area contributed by atoms with Gasteiger partial charge >= 0.3 is 0 Å². The molecule has 1 aromatic rings. The summed E-state index contributed by atoms with van der Waals surface area (Å²) < 4.78 is 7.61. The summed E-state index contributed by atoms with van der Waals surface area (Å²) in [6, 6.07) is 5.36. The number of carbonyl (C=O) groups excluding carboxylic acids is 2. The summed E-state index contributed by atoms with van der Waals surface area (Å²) in [5.74, 6) is 1.55. The van der Waals surface area contributed by atoms with E-state index in [0.29, 0.717) is 41.9 Å². The lowest BCUT2D eigenvalue weighted by atomic mass is 9.96. The van der Waals surface area contributed by atoms with Gasteiger partial charge in [-0.1, -0.05) is 37.0 Å². The fourth-order valence-corrected chi connectivity index (χ4v) is 5.74. The minimum absolute atomic E-state index is 0.0000106. The van der Waals surface area contributed by atoms with Crippen LogP contribution in [0.4, 0.5) is 5.69 Å². The van der Waals surface area contributed by atoms with Crippen LogP contribution in [0, 0.1) is 5.92 Å². The van der Waals surface area contributed by atoms with Crippen molar-refractivity contribution in [3.05, 3.63) is 28.2 Å². The minimum Gasteiger partial charge on any atom is -0.373 e. The van der Waals surface area contributed by atoms with Crippen LogP contribution in [0.25, 0.3) is 0 Å². The second-order valence-corrected chi connectivity index (χ2v) is 12.7. The molecule has 0 aromatic heterocycles. The summed E-state index contributed by atoms with van der Waals surface area (Å²) in [6.45, 7) is 15.9. The Labute approximate surface area is 282 Å². The molecule has 0 radical (unpaired) electrons. The number of nitrogens with zero attached hydrogens (tertiary/aromatic N) is 5. The summed E-state index contributed by atoms with van der Waals surface area (Å²) in [7, 11) is 1.87. The van der Waals surface area contributed by atoms with Crippen molar-refractivity contribution < 1.29 is 14.3 Å². The van der Waals surface area contributed by atoms with E-state index in [4.69, 9.17) is 27.9 Å². The van der Waals surface area contributed by atoms with Gasteiger partial charge in [0.05, 0.1) is 22.3 Å². The van der Waals surface area contributed by atoms with E-state index in [1.165, 1.54) is 58.7 Å². The minimum atomic E-state index is -0.0000106. The number of hydrogen-bond donors (Lipinski definition) is 2. The van der Waals surface area contributed by atoms with Gasteiger partial charge in [0.2, 0.25) is 5.91 Å². The molecule has 1 amide bonds. The average Bonchev–Trinajstić information content (AvgIpc) is 3.48. The molecule has 0 atom stereocenters. The van der Waals surface area contributed by atoms with Crippen LogP contribution in [0.5, 0.6) is 0 Å². The third-order valence-electron chi connectivity index (χ3n) is 7.40. The predicted octanol–water partition coefficient (Wildman–Crippen LogP) is 4.54. The fourth-order valence-electron chi connectivity index (χ4n) is 5.02. The Morgan fingerprint density at radius 2 is 1.79 bits per heavy atom. The number of hydrogen-bond acceptors (Lipinski definition) is 9. The number of carbonyl (C=O) groups is 2. The number of nitrogens with one attached hydrogen (secondary N) is 2. The second-order valence-electron chi connectivity index (χ2n) is 10.5. The summed E-state index contributed by atoms with van der Waals surface area (Å²) in [6.07, 6.45) is 5.44. The molecule has 2 N–H and O–H groups in total. The lowest BCUT2D eigenvalue weighted by molar-refractivity contribution is -0.119. The van der Waals surface area contributed by atoms with Gasteiger partial charge < -0.3 is 30.0 Å². The van der Waals surface area contributed by atoms with Crippen molar-refractivity contribution in [3.63, 3.8) is 0 Å². The van der Waals surface area contributed by atoms with Crippen LogP contribution in [0.3, 0.4) is 0 Å². The van der Waals surface area contributed by atoms with Gasteiger partial charge in [-0.2, -0.15) is 5.10 Å². The Bertz CT molecular complexity index is 975. The van der Waals surface area contributed by atoms with E-state index in [1.54, 1.807) is 12.1 Å². The van der Waals surface area contributed by atoms with Crippen molar-refractivity contribution in [1.82, 2.24) is 23.5 Å².